The molecule has 3 aliphatic carbocycles. The molecule has 0 aliphatic heterocycles. The van der Waals surface area contributed by atoms with Crippen LogP contribution in [0.3, 0.4) is 0 Å². The molecule has 0 aromatic heterocycles. The molecule has 0 amide bonds. The van der Waals surface area contributed by atoms with Gasteiger partial charge >= 0.3 is 0 Å². The molecule has 2 heteroatoms. The summed E-state index contributed by atoms with van der Waals surface area (Å²) in [5.74, 6) is 0.881. The Labute approximate surface area is 244 Å². The standard InChI is InChI=1S/C16H18O.C15H14O.C4H10.C3H8/c1-17-11-16-14-8-4-2-3-7-12(14)13-9-5-6-10-15(13)16;1-16-10-15-13-8-4-2-6-11(13)12-7-3-5-9-14(12)15;1-3-4-2;1-3-2/h3,5-7,9-10,16H,2,4,8,11H2,1H3;2-9,15H,10H2,1H3;3-4H2,1-2H3;3H2,1-2H3. The third-order valence-corrected chi connectivity index (χ3v) is 7.62. The van der Waals surface area contributed by atoms with Gasteiger partial charge in [0.25, 0.3) is 0 Å². The van der Waals surface area contributed by atoms with E-state index >= 15 is 0 Å². The zero-order valence-electron chi connectivity index (χ0n) is 25.7. The van der Waals surface area contributed by atoms with Gasteiger partial charge in [0.1, 0.15) is 0 Å². The highest BCUT2D eigenvalue weighted by Crippen LogP contribution is 2.46. The second kappa shape index (κ2) is 17.0. The summed E-state index contributed by atoms with van der Waals surface area (Å²) in [5, 5.41) is 0. The molecule has 0 bridgehead atoms. The largest absolute Gasteiger partial charge is 0.384 e. The molecule has 3 aromatic rings. The average molecular weight is 539 g/mol. The third-order valence-electron chi connectivity index (χ3n) is 7.62. The van der Waals surface area contributed by atoms with Gasteiger partial charge in [-0.25, -0.2) is 0 Å². The van der Waals surface area contributed by atoms with E-state index in [1.165, 1.54) is 77.5 Å². The van der Waals surface area contributed by atoms with E-state index in [0.717, 1.165) is 13.2 Å². The van der Waals surface area contributed by atoms with E-state index in [2.05, 4.69) is 113 Å². The zero-order chi connectivity index (χ0) is 28.7. The third kappa shape index (κ3) is 7.62. The Kier molecular flexibility index (Phi) is 13.4. The van der Waals surface area contributed by atoms with E-state index < -0.39 is 0 Å². The van der Waals surface area contributed by atoms with Gasteiger partial charge in [-0.05, 0) is 58.2 Å². The molecular weight excluding hydrogens is 488 g/mol. The zero-order valence-corrected chi connectivity index (χ0v) is 25.7. The van der Waals surface area contributed by atoms with Crippen LogP contribution in [-0.4, -0.2) is 27.4 Å². The van der Waals surface area contributed by atoms with Crippen molar-refractivity contribution < 1.29 is 9.47 Å². The molecule has 6 rings (SSSR count). The van der Waals surface area contributed by atoms with E-state index in [1.54, 1.807) is 19.8 Å². The van der Waals surface area contributed by atoms with Crippen molar-refractivity contribution in [3.63, 3.8) is 0 Å². The minimum atomic E-state index is 0.400. The van der Waals surface area contributed by atoms with E-state index in [-0.39, 0.29) is 0 Å². The van der Waals surface area contributed by atoms with Crippen molar-refractivity contribution in [2.24, 2.45) is 0 Å². The average Bonchev–Trinajstić information content (AvgIpc) is 3.33. The minimum absolute atomic E-state index is 0.400. The fraction of sp³-hybridized carbons (Fsp3) is 0.421. The second-order valence-corrected chi connectivity index (χ2v) is 10.7. The van der Waals surface area contributed by atoms with Gasteiger partial charge in [0, 0.05) is 26.1 Å². The molecule has 0 saturated heterocycles. The Morgan fingerprint density at radius 1 is 0.625 bits per heavy atom. The lowest BCUT2D eigenvalue weighted by Gasteiger charge is -2.15. The van der Waals surface area contributed by atoms with Crippen molar-refractivity contribution in [1.29, 1.82) is 0 Å². The van der Waals surface area contributed by atoms with Gasteiger partial charge in [0.15, 0.2) is 0 Å². The number of fused-ring (bicyclic) bond motifs is 5. The Balaban J connectivity index is 0.000000180. The maximum Gasteiger partial charge on any atom is 0.0572 e. The molecule has 40 heavy (non-hydrogen) atoms. The molecule has 0 radical (unpaired) electrons. The van der Waals surface area contributed by atoms with Crippen LogP contribution in [-0.2, 0) is 9.47 Å². The molecule has 2 nitrogen and oxygen atoms in total. The normalized spacial score (nSPS) is 16.1. The fourth-order valence-electron chi connectivity index (χ4n) is 5.67. The number of unbranched alkanes of at least 4 members (excludes halogenated alkanes) is 1. The van der Waals surface area contributed by atoms with Gasteiger partial charge in [-0.2, -0.15) is 0 Å². The van der Waals surface area contributed by atoms with Crippen molar-refractivity contribution in [2.45, 2.75) is 78.1 Å². The Hall–Kier alpha value is -2.94. The summed E-state index contributed by atoms with van der Waals surface area (Å²) >= 11 is 0. The lowest BCUT2D eigenvalue weighted by molar-refractivity contribution is 0.188. The van der Waals surface area contributed by atoms with Crippen molar-refractivity contribution in [3.8, 4) is 11.1 Å². The molecule has 0 fully saturated rings. The molecular formula is C38H50O2. The summed E-state index contributed by atoms with van der Waals surface area (Å²) < 4.78 is 10.8. The van der Waals surface area contributed by atoms with E-state index in [0.29, 0.717) is 11.8 Å². The predicted octanol–water partition coefficient (Wildman–Crippen LogP) is 10.6. The number of allylic oxidation sites excluding steroid dienone is 3. The molecule has 0 spiro atoms. The number of ether oxygens (including phenoxy) is 2. The van der Waals surface area contributed by atoms with Crippen LogP contribution >= 0.6 is 0 Å². The smallest absolute Gasteiger partial charge is 0.0572 e. The first-order valence-corrected chi connectivity index (χ1v) is 15.3. The number of rotatable bonds is 5. The second-order valence-electron chi connectivity index (χ2n) is 10.7. The van der Waals surface area contributed by atoms with Crippen LogP contribution in [0.4, 0.5) is 0 Å². The molecule has 214 valence electrons. The summed E-state index contributed by atoms with van der Waals surface area (Å²) in [5.41, 5.74) is 11.4. The van der Waals surface area contributed by atoms with Crippen LogP contribution in [0.5, 0.6) is 0 Å². The summed E-state index contributed by atoms with van der Waals surface area (Å²) in [7, 11) is 3.57. The van der Waals surface area contributed by atoms with Crippen molar-refractivity contribution in [2.75, 3.05) is 27.4 Å². The van der Waals surface area contributed by atoms with Crippen molar-refractivity contribution >= 4 is 5.57 Å². The topological polar surface area (TPSA) is 18.5 Å². The number of benzene rings is 3. The lowest BCUT2D eigenvalue weighted by atomic mass is 9.93. The van der Waals surface area contributed by atoms with Crippen LogP contribution in [0.15, 0.2) is 90.5 Å². The summed E-state index contributed by atoms with van der Waals surface area (Å²) in [6.07, 6.45) is 12.2. The molecule has 1 atom stereocenters. The first kappa shape index (κ1) is 31.6. The van der Waals surface area contributed by atoms with Gasteiger partial charge in [-0.3, -0.25) is 0 Å². The quantitative estimate of drug-likeness (QED) is 0.322. The van der Waals surface area contributed by atoms with Crippen LogP contribution in [0.2, 0.25) is 0 Å². The maximum absolute atomic E-state index is 5.41. The van der Waals surface area contributed by atoms with Crippen LogP contribution in [0.1, 0.15) is 100 Å². The van der Waals surface area contributed by atoms with E-state index in [1.807, 2.05) is 0 Å². The summed E-state index contributed by atoms with van der Waals surface area (Å²) in [6.45, 7) is 10.2. The van der Waals surface area contributed by atoms with Crippen LogP contribution in [0.25, 0.3) is 16.7 Å². The highest BCUT2D eigenvalue weighted by molar-refractivity contribution is 5.84. The van der Waals surface area contributed by atoms with Crippen LogP contribution in [0, 0.1) is 0 Å². The SMILES string of the molecule is CCC.CCCC.COCC1C2=C(C=CCCC2)c2ccccc21.COCC1c2ccccc2-c2ccccc21. The molecule has 1 unspecified atom stereocenters. The lowest BCUT2D eigenvalue weighted by Crippen LogP contribution is -2.06. The van der Waals surface area contributed by atoms with Gasteiger partial charge in [0.05, 0.1) is 13.2 Å². The maximum atomic E-state index is 5.41. The molecule has 0 N–H and O–H groups in total. The summed E-state index contributed by atoms with van der Waals surface area (Å²) in [6, 6.07) is 26.0. The van der Waals surface area contributed by atoms with E-state index in [9.17, 15) is 0 Å². The number of methoxy groups -OCH3 is 2. The van der Waals surface area contributed by atoms with Gasteiger partial charge in [-0.1, -0.05) is 137 Å². The Bertz CT molecular complexity index is 1190. The molecule has 0 saturated carbocycles. The van der Waals surface area contributed by atoms with Crippen molar-refractivity contribution in [1.82, 2.24) is 0 Å². The van der Waals surface area contributed by atoms with Crippen LogP contribution < -0.4 is 0 Å². The Morgan fingerprint density at radius 2 is 1.07 bits per heavy atom. The monoisotopic (exact) mass is 538 g/mol. The molecule has 0 heterocycles. The Morgan fingerprint density at radius 3 is 1.57 bits per heavy atom. The van der Waals surface area contributed by atoms with Gasteiger partial charge < -0.3 is 9.47 Å². The molecule has 3 aromatic carbocycles. The fourth-order valence-corrected chi connectivity index (χ4v) is 5.67. The van der Waals surface area contributed by atoms with Gasteiger partial charge in [0.2, 0.25) is 0 Å². The van der Waals surface area contributed by atoms with Crippen molar-refractivity contribution in [3.05, 3.63) is 113 Å². The van der Waals surface area contributed by atoms with E-state index in [4.69, 9.17) is 9.47 Å². The van der Waals surface area contributed by atoms with Gasteiger partial charge in [-0.15, -0.1) is 0 Å². The first-order chi connectivity index (χ1) is 19.7. The number of hydrogen-bond donors (Lipinski definition) is 0. The minimum Gasteiger partial charge on any atom is -0.384 e. The highest BCUT2D eigenvalue weighted by atomic mass is 16.5. The number of hydrogen-bond acceptors (Lipinski definition) is 2. The first-order valence-electron chi connectivity index (χ1n) is 15.3. The predicted molar refractivity (Wildman–Crippen MR) is 173 cm³/mol. The molecule has 3 aliphatic rings. The summed E-state index contributed by atoms with van der Waals surface area (Å²) in [4.78, 5) is 0. The highest BCUT2D eigenvalue weighted by Gasteiger charge is 2.30.